The Morgan fingerprint density at radius 1 is 1.23 bits per heavy atom. The van der Waals surface area contributed by atoms with E-state index < -0.39 is 0 Å². The molecule has 2 heteroatoms. The van der Waals surface area contributed by atoms with Gasteiger partial charge in [-0.15, -0.1) is 0 Å². The molecule has 13 heavy (non-hydrogen) atoms. The van der Waals surface area contributed by atoms with E-state index in [0.29, 0.717) is 12.1 Å². The van der Waals surface area contributed by atoms with E-state index in [0.717, 1.165) is 12.5 Å². The SMILES string of the molecule is CCC(C)C(CN(C)C(C)C)NC. The molecule has 0 radical (unpaired) electrons. The highest BCUT2D eigenvalue weighted by Gasteiger charge is 2.16. The van der Waals surface area contributed by atoms with E-state index in [-0.39, 0.29) is 0 Å². The van der Waals surface area contributed by atoms with Crippen molar-refractivity contribution in [2.75, 3.05) is 20.6 Å². The van der Waals surface area contributed by atoms with E-state index in [2.05, 4.69) is 52.0 Å². The summed E-state index contributed by atoms with van der Waals surface area (Å²) in [5, 5.41) is 3.40. The quantitative estimate of drug-likeness (QED) is 0.682. The van der Waals surface area contributed by atoms with Gasteiger partial charge in [0.15, 0.2) is 0 Å². The van der Waals surface area contributed by atoms with Gasteiger partial charge in [-0.2, -0.15) is 0 Å². The van der Waals surface area contributed by atoms with Crippen LogP contribution in [0.1, 0.15) is 34.1 Å². The molecule has 80 valence electrons. The number of likely N-dealkylation sites (N-methyl/N-ethyl adjacent to an activating group) is 2. The molecular formula is C11H26N2. The minimum Gasteiger partial charge on any atom is -0.315 e. The van der Waals surface area contributed by atoms with Crippen LogP contribution in [0.25, 0.3) is 0 Å². The minimum absolute atomic E-state index is 0.623. The van der Waals surface area contributed by atoms with Crippen LogP contribution < -0.4 is 5.32 Å². The number of nitrogens with one attached hydrogen (secondary N) is 1. The van der Waals surface area contributed by atoms with Crippen molar-refractivity contribution < 1.29 is 0 Å². The van der Waals surface area contributed by atoms with E-state index in [1.165, 1.54) is 6.42 Å². The summed E-state index contributed by atoms with van der Waals surface area (Å²) < 4.78 is 0. The Labute approximate surface area is 83.7 Å². The van der Waals surface area contributed by atoms with Gasteiger partial charge in [-0.1, -0.05) is 20.3 Å². The van der Waals surface area contributed by atoms with Gasteiger partial charge in [0, 0.05) is 18.6 Å². The number of hydrogen-bond donors (Lipinski definition) is 1. The Kier molecular flexibility index (Phi) is 6.35. The summed E-state index contributed by atoms with van der Waals surface area (Å²) in [6, 6.07) is 1.26. The fourth-order valence-corrected chi connectivity index (χ4v) is 1.36. The number of rotatable bonds is 6. The predicted molar refractivity (Wildman–Crippen MR) is 60.1 cm³/mol. The minimum atomic E-state index is 0.623. The lowest BCUT2D eigenvalue weighted by molar-refractivity contribution is 0.215. The van der Waals surface area contributed by atoms with Gasteiger partial charge in [0.25, 0.3) is 0 Å². The summed E-state index contributed by atoms with van der Waals surface area (Å²) in [4.78, 5) is 2.40. The fraction of sp³-hybridized carbons (Fsp3) is 1.00. The molecule has 0 heterocycles. The predicted octanol–water partition coefficient (Wildman–Crippen LogP) is 1.96. The highest BCUT2D eigenvalue weighted by molar-refractivity contribution is 4.75. The average Bonchev–Trinajstić information content (AvgIpc) is 2.12. The van der Waals surface area contributed by atoms with Crippen molar-refractivity contribution in [1.29, 1.82) is 0 Å². The summed E-state index contributed by atoms with van der Waals surface area (Å²) in [5.74, 6) is 0.756. The zero-order valence-electron chi connectivity index (χ0n) is 10.1. The van der Waals surface area contributed by atoms with E-state index in [1.807, 2.05) is 0 Å². The summed E-state index contributed by atoms with van der Waals surface area (Å²) >= 11 is 0. The Morgan fingerprint density at radius 3 is 2.08 bits per heavy atom. The Balaban J connectivity index is 3.97. The third kappa shape index (κ3) is 4.63. The lowest BCUT2D eigenvalue weighted by atomic mass is 9.98. The maximum Gasteiger partial charge on any atom is 0.0217 e. The monoisotopic (exact) mass is 186 g/mol. The topological polar surface area (TPSA) is 15.3 Å². The molecular weight excluding hydrogens is 160 g/mol. The van der Waals surface area contributed by atoms with Gasteiger partial charge in [-0.3, -0.25) is 0 Å². The molecule has 2 atom stereocenters. The van der Waals surface area contributed by atoms with Gasteiger partial charge in [0.2, 0.25) is 0 Å². The van der Waals surface area contributed by atoms with Crippen LogP contribution in [0.3, 0.4) is 0 Å². The standard InChI is InChI=1S/C11H26N2/c1-7-10(4)11(12-5)8-13(6)9(2)3/h9-12H,7-8H2,1-6H3. The largest absolute Gasteiger partial charge is 0.315 e. The summed E-state index contributed by atoms with van der Waals surface area (Å²) in [6.45, 7) is 10.2. The molecule has 0 aliphatic heterocycles. The van der Waals surface area contributed by atoms with Crippen LogP contribution >= 0.6 is 0 Å². The van der Waals surface area contributed by atoms with Crippen LogP contribution in [-0.4, -0.2) is 37.6 Å². The molecule has 0 spiro atoms. The van der Waals surface area contributed by atoms with Crippen LogP contribution in [-0.2, 0) is 0 Å². The summed E-state index contributed by atoms with van der Waals surface area (Å²) in [5.41, 5.74) is 0. The fourth-order valence-electron chi connectivity index (χ4n) is 1.36. The third-order valence-corrected chi connectivity index (χ3v) is 3.07. The Morgan fingerprint density at radius 2 is 1.77 bits per heavy atom. The average molecular weight is 186 g/mol. The molecule has 0 saturated carbocycles. The molecule has 0 amide bonds. The molecule has 0 aliphatic rings. The first-order valence-electron chi connectivity index (χ1n) is 5.40. The molecule has 0 aromatic heterocycles. The van der Waals surface area contributed by atoms with Gasteiger partial charge < -0.3 is 10.2 Å². The second kappa shape index (κ2) is 6.39. The van der Waals surface area contributed by atoms with Crippen LogP contribution in [0.5, 0.6) is 0 Å². The highest BCUT2D eigenvalue weighted by Crippen LogP contribution is 2.09. The van der Waals surface area contributed by atoms with Crippen molar-refractivity contribution in [2.45, 2.75) is 46.2 Å². The smallest absolute Gasteiger partial charge is 0.0217 e. The first-order chi connectivity index (χ1) is 6.02. The van der Waals surface area contributed by atoms with Crippen LogP contribution in [0.2, 0.25) is 0 Å². The van der Waals surface area contributed by atoms with Crippen molar-refractivity contribution in [3.05, 3.63) is 0 Å². The normalized spacial score (nSPS) is 16.6. The molecule has 0 aliphatic carbocycles. The maximum atomic E-state index is 3.40. The molecule has 2 nitrogen and oxygen atoms in total. The second-order valence-corrected chi connectivity index (χ2v) is 4.31. The van der Waals surface area contributed by atoms with Crippen molar-refractivity contribution in [3.8, 4) is 0 Å². The van der Waals surface area contributed by atoms with Gasteiger partial charge in [-0.25, -0.2) is 0 Å². The molecule has 1 N–H and O–H groups in total. The van der Waals surface area contributed by atoms with E-state index >= 15 is 0 Å². The Hall–Kier alpha value is -0.0800. The molecule has 0 aromatic rings. The molecule has 0 aromatic carbocycles. The lowest BCUT2D eigenvalue weighted by Gasteiger charge is -2.30. The van der Waals surface area contributed by atoms with E-state index in [4.69, 9.17) is 0 Å². The maximum absolute atomic E-state index is 3.40. The molecule has 0 fully saturated rings. The molecule has 0 rings (SSSR count). The van der Waals surface area contributed by atoms with Crippen molar-refractivity contribution >= 4 is 0 Å². The highest BCUT2D eigenvalue weighted by atomic mass is 15.1. The van der Waals surface area contributed by atoms with Crippen LogP contribution in [0.4, 0.5) is 0 Å². The van der Waals surface area contributed by atoms with Gasteiger partial charge in [0.05, 0.1) is 0 Å². The second-order valence-electron chi connectivity index (χ2n) is 4.31. The first-order valence-corrected chi connectivity index (χ1v) is 5.40. The summed E-state index contributed by atoms with van der Waals surface area (Å²) in [7, 11) is 4.25. The van der Waals surface area contributed by atoms with Crippen molar-refractivity contribution in [2.24, 2.45) is 5.92 Å². The number of nitrogens with zero attached hydrogens (tertiary/aromatic N) is 1. The first kappa shape index (κ1) is 12.9. The lowest BCUT2D eigenvalue weighted by Crippen LogP contribution is -2.44. The van der Waals surface area contributed by atoms with E-state index in [1.54, 1.807) is 0 Å². The van der Waals surface area contributed by atoms with Gasteiger partial charge >= 0.3 is 0 Å². The number of hydrogen-bond acceptors (Lipinski definition) is 2. The van der Waals surface area contributed by atoms with Crippen molar-refractivity contribution in [1.82, 2.24) is 10.2 Å². The third-order valence-electron chi connectivity index (χ3n) is 3.07. The molecule has 2 unspecified atom stereocenters. The zero-order valence-corrected chi connectivity index (χ0v) is 10.1. The Bertz CT molecular complexity index is 123. The molecule has 0 bridgehead atoms. The summed E-state index contributed by atoms with van der Waals surface area (Å²) in [6.07, 6.45) is 1.25. The van der Waals surface area contributed by atoms with Crippen LogP contribution in [0.15, 0.2) is 0 Å². The zero-order chi connectivity index (χ0) is 10.4. The van der Waals surface area contributed by atoms with Crippen molar-refractivity contribution in [3.63, 3.8) is 0 Å². The van der Waals surface area contributed by atoms with Crippen LogP contribution in [0, 0.1) is 5.92 Å². The van der Waals surface area contributed by atoms with Gasteiger partial charge in [0.1, 0.15) is 0 Å². The van der Waals surface area contributed by atoms with E-state index in [9.17, 15) is 0 Å². The van der Waals surface area contributed by atoms with Gasteiger partial charge in [-0.05, 0) is 33.9 Å². The molecule has 0 saturated heterocycles.